The smallest absolute Gasteiger partial charge is 0.00272 e. The molecule has 0 aromatic heterocycles. The zero-order valence-electron chi connectivity index (χ0n) is 8.47. The first kappa shape index (κ1) is 9.83. The molecule has 1 aliphatic rings. The van der Waals surface area contributed by atoms with Gasteiger partial charge < -0.3 is 0 Å². The van der Waals surface area contributed by atoms with E-state index in [9.17, 15) is 0 Å². The maximum absolute atomic E-state index is 2.39. The Bertz CT molecular complexity index is 129. The Hall–Kier alpha value is -0.260. The van der Waals surface area contributed by atoms with Crippen molar-refractivity contribution in [1.82, 2.24) is 0 Å². The average Bonchev–Trinajstić information content (AvgIpc) is 2.53. The summed E-state index contributed by atoms with van der Waals surface area (Å²) in [5, 5.41) is 0. The summed E-state index contributed by atoms with van der Waals surface area (Å²) in [4.78, 5) is 0. The molecule has 0 bridgehead atoms. The fraction of sp³-hybridized carbons (Fsp3) is 0.750. The van der Waals surface area contributed by atoms with Crippen LogP contribution in [0.15, 0.2) is 12.2 Å². The van der Waals surface area contributed by atoms with Gasteiger partial charge in [-0.2, -0.15) is 0 Å². The highest BCUT2D eigenvalue weighted by molar-refractivity contribution is 5.13. The zero-order chi connectivity index (χ0) is 8.81. The van der Waals surface area contributed by atoms with Crippen molar-refractivity contribution in [2.75, 3.05) is 0 Å². The number of rotatable bonds is 4. The van der Waals surface area contributed by atoms with Gasteiger partial charge in [0, 0.05) is 0 Å². The quantitative estimate of drug-likeness (QED) is 0.587. The molecule has 0 aromatic carbocycles. The van der Waals surface area contributed by atoms with Crippen LogP contribution in [0.3, 0.4) is 0 Å². The van der Waals surface area contributed by atoms with E-state index in [2.05, 4.69) is 26.0 Å². The fourth-order valence-electron chi connectivity index (χ4n) is 1.85. The van der Waals surface area contributed by atoms with Crippen molar-refractivity contribution in [3.63, 3.8) is 0 Å². The van der Waals surface area contributed by atoms with Crippen LogP contribution in [-0.4, -0.2) is 0 Å². The number of hydrogen-bond acceptors (Lipinski definition) is 0. The summed E-state index contributed by atoms with van der Waals surface area (Å²) >= 11 is 0. The molecular weight excluding hydrogens is 144 g/mol. The maximum Gasteiger partial charge on any atom is -0.00272 e. The second kappa shape index (κ2) is 5.40. The molecule has 1 aliphatic carbocycles. The van der Waals surface area contributed by atoms with Gasteiger partial charge >= 0.3 is 0 Å². The van der Waals surface area contributed by atoms with Gasteiger partial charge in [-0.25, -0.2) is 0 Å². The Morgan fingerprint density at radius 1 is 1.33 bits per heavy atom. The third kappa shape index (κ3) is 3.42. The maximum atomic E-state index is 2.39. The first-order valence-corrected chi connectivity index (χ1v) is 5.36. The van der Waals surface area contributed by atoms with Crippen LogP contribution in [0.1, 0.15) is 52.4 Å². The van der Waals surface area contributed by atoms with E-state index in [4.69, 9.17) is 0 Å². The van der Waals surface area contributed by atoms with Gasteiger partial charge in [0.05, 0.1) is 0 Å². The Morgan fingerprint density at radius 3 is 2.58 bits per heavy atom. The van der Waals surface area contributed by atoms with Crippen molar-refractivity contribution >= 4 is 0 Å². The zero-order valence-corrected chi connectivity index (χ0v) is 8.47. The predicted octanol–water partition coefficient (Wildman–Crippen LogP) is 4.13. The molecule has 0 aromatic rings. The van der Waals surface area contributed by atoms with E-state index in [1.165, 1.54) is 38.5 Å². The van der Waals surface area contributed by atoms with Gasteiger partial charge in [0.25, 0.3) is 0 Å². The monoisotopic (exact) mass is 165 g/mol. The molecule has 0 heteroatoms. The largest absolute Gasteiger partial charge is 0.0851 e. The summed E-state index contributed by atoms with van der Waals surface area (Å²) in [7, 11) is 0. The molecular formula is C12H21. The first-order valence-electron chi connectivity index (χ1n) is 5.36. The molecule has 0 nitrogen and oxygen atoms in total. The van der Waals surface area contributed by atoms with Gasteiger partial charge in [0.15, 0.2) is 0 Å². The van der Waals surface area contributed by atoms with Crippen molar-refractivity contribution in [3.8, 4) is 0 Å². The molecule has 1 unspecified atom stereocenters. The Kier molecular flexibility index (Phi) is 4.42. The SMILES string of the molecule is CCCC(C)C=C[C]1CCCC1. The van der Waals surface area contributed by atoms with E-state index < -0.39 is 0 Å². The third-order valence-electron chi connectivity index (χ3n) is 2.65. The minimum atomic E-state index is 0.781. The average molecular weight is 165 g/mol. The Balaban J connectivity index is 2.18. The summed E-state index contributed by atoms with van der Waals surface area (Å²) < 4.78 is 0. The van der Waals surface area contributed by atoms with E-state index in [1.54, 1.807) is 5.92 Å². The number of hydrogen-bond donors (Lipinski definition) is 0. The van der Waals surface area contributed by atoms with Gasteiger partial charge in [-0.1, -0.05) is 45.3 Å². The van der Waals surface area contributed by atoms with Gasteiger partial charge in [-0.3, -0.25) is 0 Å². The second-order valence-corrected chi connectivity index (χ2v) is 3.99. The van der Waals surface area contributed by atoms with Gasteiger partial charge in [0.2, 0.25) is 0 Å². The summed E-state index contributed by atoms with van der Waals surface area (Å²) in [6.07, 6.45) is 13.0. The third-order valence-corrected chi connectivity index (χ3v) is 2.65. The van der Waals surface area contributed by atoms with Crippen LogP contribution in [0.2, 0.25) is 0 Å². The van der Waals surface area contributed by atoms with Crippen LogP contribution in [0.25, 0.3) is 0 Å². The lowest BCUT2D eigenvalue weighted by Crippen LogP contribution is -1.90. The molecule has 1 rings (SSSR count). The van der Waals surface area contributed by atoms with E-state index in [1.807, 2.05) is 0 Å². The second-order valence-electron chi connectivity index (χ2n) is 3.99. The minimum Gasteiger partial charge on any atom is -0.0851 e. The van der Waals surface area contributed by atoms with Crippen LogP contribution < -0.4 is 0 Å². The van der Waals surface area contributed by atoms with E-state index in [-0.39, 0.29) is 0 Å². The molecule has 1 atom stereocenters. The van der Waals surface area contributed by atoms with Crippen molar-refractivity contribution in [2.24, 2.45) is 5.92 Å². The standard InChI is InChI=1S/C12H21/c1-3-6-11(2)9-10-12-7-4-5-8-12/h9-11H,3-8H2,1-2H3. The predicted molar refractivity (Wildman–Crippen MR) is 54.9 cm³/mol. The molecule has 0 heterocycles. The molecule has 1 radical (unpaired) electrons. The van der Waals surface area contributed by atoms with Crippen LogP contribution in [0.4, 0.5) is 0 Å². The van der Waals surface area contributed by atoms with Gasteiger partial charge in [-0.05, 0) is 31.1 Å². The molecule has 69 valence electrons. The highest BCUT2D eigenvalue weighted by atomic mass is 14.2. The van der Waals surface area contributed by atoms with E-state index in [0.717, 1.165) is 5.92 Å². The summed E-state index contributed by atoms with van der Waals surface area (Å²) in [5.74, 6) is 2.46. The van der Waals surface area contributed by atoms with Gasteiger partial charge in [0.1, 0.15) is 0 Å². The van der Waals surface area contributed by atoms with Crippen molar-refractivity contribution in [1.29, 1.82) is 0 Å². The molecule has 0 amide bonds. The van der Waals surface area contributed by atoms with Crippen molar-refractivity contribution < 1.29 is 0 Å². The Labute approximate surface area is 77.1 Å². The summed E-state index contributed by atoms with van der Waals surface area (Å²) in [6, 6.07) is 0. The number of allylic oxidation sites excluding steroid dienone is 2. The van der Waals surface area contributed by atoms with Crippen LogP contribution in [0, 0.1) is 11.8 Å². The minimum absolute atomic E-state index is 0.781. The van der Waals surface area contributed by atoms with E-state index in [0.29, 0.717) is 0 Å². The van der Waals surface area contributed by atoms with Crippen molar-refractivity contribution in [3.05, 3.63) is 18.1 Å². The lowest BCUT2D eigenvalue weighted by atomic mass is 10.0. The van der Waals surface area contributed by atoms with Crippen LogP contribution in [0.5, 0.6) is 0 Å². The highest BCUT2D eigenvalue weighted by Crippen LogP contribution is 2.28. The lowest BCUT2D eigenvalue weighted by molar-refractivity contribution is 0.632. The first-order chi connectivity index (χ1) is 5.83. The molecule has 0 spiro atoms. The molecule has 0 N–H and O–H groups in total. The summed E-state index contributed by atoms with van der Waals surface area (Å²) in [6.45, 7) is 4.57. The molecule has 0 saturated heterocycles. The molecule has 1 saturated carbocycles. The molecule has 12 heavy (non-hydrogen) atoms. The van der Waals surface area contributed by atoms with E-state index >= 15 is 0 Å². The van der Waals surface area contributed by atoms with Crippen LogP contribution >= 0.6 is 0 Å². The van der Waals surface area contributed by atoms with Gasteiger partial charge in [-0.15, -0.1) is 0 Å². The topological polar surface area (TPSA) is 0 Å². The summed E-state index contributed by atoms with van der Waals surface area (Å²) in [5.41, 5.74) is 0. The molecule has 0 aliphatic heterocycles. The highest BCUT2D eigenvalue weighted by Gasteiger charge is 2.11. The fourth-order valence-corrected chi connectivity index (χ4v) is 1.85. The molecule has 1 fully saturated rings. The lowest BCUT2D eigenvalue weighted by Gasteiger charge is -2.04. The normalized spacial score (nSPS) is 22.2. The Morgan fingerprint density at radius 2 is 2.00 bits per heavy atom. The van der Waals surface area contributed by atoms with Crippen molar-refractivity contribution in [2.45, 2.75) is 52.4 Å². The van der Waals surface area contributed by atoms with Crippen LogP contribution in [-0.2, 0) is 0 Å².